The maximum Gasteiger partial charge on any atom is 0.293 e. The molecule has 2 amide bonds. The van der Waals surface area contributed by atoms with Crippen LogP contribution in [0.25, 0.3) is 0 Å². The first-order valence-corrected chi connectivity index (χ1v) is 11.4. The van der Waals surface area contributed by atoms with Crippen molar-refractivity contribution in [3.63, 3.8) is 0 Å². The maximum atomic E-state index is 12.6. The quantitative estimate of drug-likeness (QED) is 0.282. The largest absolute Gasteiger partial charge is 0.383 e. The van der Waals surface area contributed by atoms with E-state index in [0.29, 0.717) is 0 Å². The Balaban J connectivity index is 1.67. The van der Waals surface area contributed by atoms with Gasteiger partial charge in [-0.15, -0.1) is 0 Å². The lowest BCUT2D eigenvalue weighted by atomic mass is 10.1. The SMILES string of the molecule is CNc1ccc(C(=O)NNC(=O)c2cccc(S(=O)(=O)NCc3ccccc3)c2)cc1[N+](=O)[O-]. The lowest BCUT2D eigenvalue weighted by Gasteiger charge is -2.10. The minimum atomic E-state index is -3.90. The molecule has 0 radical (unpaired) electrons. The van der Waals surface area contributed by atoms with E-state index in [4.69, 9.17) is 0 Å². The highest BCUT2D eigenvalue weighted by atomic mass is 32.2. The molecule has 0 saturated carbocycles. The zero-order valence-corrected chi connectivity index (χ0v) is 18.8. The zero-order chi connectivity index (χ0) is 24.7. The number of carbonyl (C=O) groups excluding carboxylic acids is 2. The van der Waals surface area contributed by atoms with Gasteiger partial charge in [0.15, 0.2) is 0 Å². The number of hydrazine groups is 1. The van der Waals surface area contributed by atoms with Gasteiger partial charge < -0.3 is 5.32 Å². The second kappa shape index (κ2) is 10.6. The van der Waals surface area contributed by atoms with Gasteiger partial charge in [0.25, 0.3) is 17.5 Å². The van der Waals surface area contributed by atoms with Crippen LogP contribution in [0.15, 0.2) is 77.7 Å². The van der Waals surface area contributed by atoms with Gasteiger partial charge in [-0.1, -0.05) is 36.4 Å². The third-order valence-electron chi connectivity index (χ3n) is 4.73. The number of sulfonamides is 1. The second-order valence-electron chi connectivity index (χ2n) is 6.99. The Hall–Kier alpha value is -4.29. The predicted molar refractivity (Wildman–Crippen MR) is 124 cm³/mol. The molecular weight excluding hydrogens is 462 g/mol. The van der Waals surface area contributed by atoms with Crippen molar-refractivity contribution in [3.8, 4) is 0 Å². The molecule has 0 fully saturated rings. The molecule has 11 nitrogen and oxygen atoms in total. The fraction of sp³-hybridized carbons (Fsp3) is 0.0909. The summed E-state index contributed by atoms with van der Waals surface area (Å²) in [4.78, 5) is 35.2. The third kappa shape index (κ3) is 5.94. The maximum absolute atomic E-state index is 12.6. The lowest BCUT2D eigenvalue weighted by Crippen LogP contribution is -2.41. The highest BCUT2D eigenvalue weighted by Crippen LogP contribution is 2.24. The van der Waals surface area contributed by atoms with E-state index in [0.717, 1.165) is 11.6 Å². The van der Waals surface area contributed by atoms with Crippen LogP contribution in [-0.2, 0) is 16.6 Å². The summed E-state index contributed by atoms with van der Waals surface area (Å²) in [5, 5.41) is 13.8. The Morgan fingerprint density at radius 1 is 0.882 bits per heavy atom. The van der Waals surface area contributed by atoms with Crippen LogP contribution < -0.4 is 20.9 Å². The fourth-order valence-corrected chi connectivity index (χ4v) is 4.02. The van der Waals surface area contributed by atoms with Gasteiger partial charge in [0.1, 0.15) is 5.69 Å². The number of amides is 2. The van der Waals surface area contributed by atoms with Crippen molar-refractivity contribution in [2.24, 2.45) is 0 Å². The van der Waals surface area contributed by atoms with Gasteiger partial charge in [-0.25, -0.2) is 13.1 Å². The average Bonchev–Trinajstić information content (AvgIpc) is 2.86. The summed E-state index contributed by atoms with van der Waals surface area (Å²) in [6.07, 6.45) is 0. The Morgan fingerprint density at radius 2 is 1.53 bits per heavy atom. The molecule has 0 aromatic heterocycles. The molecule has 34 heavy (non-hydrogen) atoms. The molecule has 0 bridgehead atoms. The van der Waals surface area contributed by atoms with Crippen molar-refractivity contribution in [1.82, 2.24) is 15.6 Å². The van der Waals surface area contributed by atoms with Crippen molar-refractivity contribution in [2.75, 3.05) is 12.4 Å². The monoisotopic (exact) mass is 483 g/mol. The van der Waals surface area contributed by atoms with E-state index in [1.807, 2.05) is 6.07 Å². The molecule has 4 N–H and O–H groups in total. The van der Waals surface area contributed by atoms with Crippen LogP contribution >= 0.6 is 0 Å². The number of hydrogen-bond acceptors (Lipinski definition) is 7. The Labute approximate surface area is 195 Å². The van der Waals surface area contributed by atoms with Gasteiger partial charge in [0.05, 0.1) is 9.82 Å². The smallest absolute Gasteiger partial charge is 0.293 e. The summed E-state index contributed by atoms with van der Waals surface area (Å²) in [5.74, 6) is -1.55. The molecule has 0 unspecified atom stereocenters. The Bertz CT molecular complexity index is 1330. The molecule has 3 rings (SSSR count). The number of rotatable bonds is 8. The highest BCUT2D eigenvalue weighted by Gasteiger charge is 2.19. The molecule has 0 aliphatic carbocycles. The van der Waals surface area contributed by atoms with Crippen molar-refractivity contribution >= 4 is 33.2 Å². The summed E-state index contributed by atoms with van der Waals surface area (Å²) in [6.45, 7) is 0.0775. The van der Waals surface area contributed by atoms with Crippen molar-refractivity contribution < 1.29 is 22.9 Å². The molecule has 0 aliphatic heterocycles. The van der Waals surface area contributed by atoms with Gasteiger partial charge in [-0.05, 0) is 35.9 Å². The molecule has 3 aromatic rings. The minimum Gasteiger partial charge on any atom is -0.383 e. The highest BCUT2D eigenvalue weighted by molar-refractivity contribution is 7.89. The van der Waals surface area contributed by atoms with Gasteiger partial charge >= 0.3 is 0 Å². The fourth-order valence-electron chi connectivity index (χ4n) is 2.96. The molecule has 0 spiro atoms. The van der Waals surface area contributed by atoms with Crippen LogP contribution in [0.2, 0.25) is 0 Å². The summed E-state index contributed by atoms with van der Waals surface area (Å²) < 4.78 is 27.7. The number of anilines is 1. The van der Waals surface area contributed by atoms with Crippen LogP contribution in [0.5, 0.6) is 0 Å². The molecule has 176 valence electrons. The van der Waals surface area contributed by atoms with E-state index in [9.17, 15) is 28.1 Å². The molecule has 0 heterocycles. The van der Waals surface area contributed by atoms with Crippen LogP contribution in [0.3, 0.4) is 0 Å². The summed E-state index contributed by atoms with van der Waals surface area (Å²) in [6, 6.07) is 18.0. The third-order valence-corrected chi connectivity index (χ3v) is 6.13. The standard InChI is InChI=1S/C22H21N5O6S/c1-23-19-11-10-17(13-20(19)27(30)31)22(29)26-25-21(28)16-8-5-9-18(12-16)34(32,33)24-14-15-6-3-2-4-7-15/h2-13,23-24H,14H2,1H3,(H,25,28)(H,26,29). The number of benzene rings is 3. The average molecular weight is 484 g/mol. The zero-order valence-electron chi connectivity index (χ0n) is 17.9. The van der Waals surface area contributed by atoms with E-state index in [2.05, 4.69) is 20.9 Å². The van der Waals surface area contributed by atoms with Crippen molar-refractivity contribution in [2.45, 2.75) is 11.4 Å². The van der Waals surface area contributed by atoms with Gasteiger partial charge in [-0.3, -0.25) is 30.6 Å². The number of hydrogen-bond donors (Lipinski definition) is 4. The first-order chi connectivity index (χ1) is 16.2. The van der Waals surface area contributed by atoms with Gasteiger partial charge in [-0.2, -0.15) is 0 Å². The van der Waals surface area contributed by atoms with E-state index < -0.39 is 26.8 Å². The van der Waals surface area contributed by atoms with Crippen LogP contribution in [0.4, 0.5) is 11.4 Å². The molecule has 0 saturated heterocycles. The first kappa shape index (κ1) is 24.4. The van der Waals surface area contributed by atoms with Crippen molar-refractivity contribution in [1.29, 1.82) is 0 Å². The number of nitrogens with zero attached hydrogens (tertiary/aromatic N) is 1. The number of nitrogens with one attached hydrogen (secondary N) is 4. The molecule has 3 aromatic carbocycles. The minimum absolute atomic E-state index is 0.0144. The van der Waals surface area contributed by atoms with Crippen LogP contribution in [-0.4, -0.2) is 32.2 Å². The van der Waals surface area contributed by atoms with Crippen molar-refractivity contribution in [3.05, 3.63) is 99.6 Å². The van der Waals surface area contributed by atoms with Crippen LogP contribution in [0.1, 0.15) is 26.3 Å². The second-order valence-corrected chi connectivity index (χ2v) is 8.75. The van der Waals surface area contributed by atoms with E-state index >= 15 is 0 Å². The summed E-state index contributed by atoms with van der Waals surface area (Å²) in [5.41, 5.74) is 4.96. The molecule has 0 aliphatic rings. The molecule has 12 heteroatoms. The lowest BCUT2D eigenvalue weighted by molar-refractivity contribution is -0.384. The van der Waals surface area contributed by atoms with E-state index in [1.54, 1.807) is 24.3 Å². The van der Waals surface area contributed by atoms with Gasteiger partial charge in [0.2, 0.25) is 10.0 Å². The Morgan fingerprint density at radius 3 is 2.15 bits per heavy atom. The van der Waals surface area contributed by atoms with Gasteiger partial charge in [0, 0.05) is 30.8 Å². The number of nitro benzene ring substituents is 1. The topological polar surface area (TPSA) is 160 Å². The summed E-state index contributed by atoms with van der Waals surface area (Å²) in [7, 11) is -2.39. The number of nitro groups is 1. The summed E-state index contributed by atoms with van der Waals surface area (Å²) >= 11 is 0. The van der Waals surface area contributed by atoms with E-state index in [1.165, 1.54) is 43.4 Å². The normalized spacial score (nSPS) is 10.9. The Kier molecular flexibility index (Phi) is 7.56. The number of carbonyl (C=O) groups is 2. The van der Waals surface area contributed by atoms with Crippen LogP contribution in [0, 0.1) is 10.1 Å². The predicted octanol–water partition coefficient (Wildman–Crippen LogP) is 2.19. The molecule has 0 atom stereocenters. The molecular formula is C22H21N5O6S. The van der Waals surface area contributed by atoms with E-state index in [-0.39, 0.29) is 33.9 Å². The first-order valence-electron chi connectivity index (χ1n) is 9.92.